The molecule has 0 bridgehead atoms. The maximum atomic E-state index is 6.11. The van der Waals surface area contributed by atoms with Crippen LogP contribution in [0.15, 0.2) is 60.9 Å². The van der Waals surface area contributed by atoms with Crippen LogP contribution >= 0.6 is 11.6 Å². The number of rotatable bonds is 3. The lowest BCUT2D eigenvalue weighted by Gasteiger charge is -2.05. The molecule has 2 heterocycles. The molecule has 2 aromatic heterocycles. The van der Waals surface area contributed by atoms with E-state index in [1.807, 2.05) is 18.2 Å². The second-order valence-electron chi connectivity index (χ2n) is 5.32. The summed E-state index contributed by atoms with van der Waals surface area (Å²) in [4.78, 5) is 3.31. The highest BCUT2D eigenvalue weighted by Crippen LogP contribution is 2.23. The molecule has 4 aromatic rings. The molecule has 21 heavy (non-hydrogen) atoms. The van der Waals surface area contributed by atoms with Crippen molar-refractivity contribution in [1.29, 1.82) is 0 Å². The zero-order valence-corrected chi connectivity index (χ0v) is 12.3. The Kier molecular flexibility index (Phi) is 2.97. The molecule has 0 aliphatic carbocycles. The molecule has 0 aliphatic rings. The number of benzene rings is 2. The molecule has 0 amide bonds. The van der Waals surface area contributed by atoms with Crippen LogP contribution in [0.1, 0.15) is 5.56 Å². The number of fused-ring (bicyclic) bond motifs is 2. The molecule has 0 atom stereocenters. The third-order valence-corrected chi connectivity index (χ3v) is 4.27. The number of H-pyrrole nitrogens is 1. The van der Waals surface area contributed by atoms with E-state index in [4.69, 9.17) is 11.6 Å². The lowest BCUT2D eigenvalue weighted by molar-refractivity contribution is 0.726. The van der Waals surface area contributed by atoms with E-state index in [2.05, 4.69) is 52.3 Å². The van der Waals surface area contributed by atoms with E-state index in [1.54, 1.807) is 0 Å². The van der Waals surface area contributed by atoms with Gasteiger partial charge in [-0.3, -0.25) is 0 Å². The van der Waals surface area contributed by atoms with Crippen molar-refractivity contribution in [1.82, 2.24) is 9.55 Å². The van der Waals surface area contributed by atoms with Crippen molar-refractivity contribution in [3.05, 3.63) is 71.5 Å². The average Bonchev–Trinajstić information content (AvgIpc) is 3.09. The number of halogens is 1. The van der Waals surface area contributed by atoms with Crippen molar-refractivity contribution in [2.75, 3.05) is 0 Å². The van der Waals surface area contributed by atoms with Gasteiger partial charge in [-0.15, -0.1) is 0 Å². The molecule has 0 unspecified atom stereocenters. The summed E-state index contributed by atoms with van der Waals surface area (Å²) in [5, 5.41) is 3.30. The summed E-state index contributed by atoms with van der Waals surface area (Å²) >= 11 is 6.11. The maximum Gasteiger partial charge on any atom is 0.0480 e. The molecular weight excluding hydrogens is 280 g/mol. The largest absolute Gasteiger partial charge is 0.361 e. The van der Waals surface area contributed by atoms with Gasteiger partial charge in [-0.25, -0.2) is 0 Å². The lowest BCUT2D eigenvalue weighted by atomic mass is 10.1. The predicted octanol–water partition coefficient (Wildman–Crippen LogP) is 5.02. The molecule has 0 saturated carbocycles. The van der Waals surface area contributed by atoms with Gasteiger partial charge >= 0.3 is 0 Å². The molecule has 3 heteroatoms. The summed E-state index contributed by atoms with van der Waals surface area (Å²) in [7, 11) is 0. The Hall–Kier alpha value is -2.19. The van der Waals surface area contributed by atoms with E-state index >= 15 is 0 Å². The molecule has 1 N–H and O–H groups in total. The first kappa shape index (κ1) is 12.5. The number of aryl methyl sites for hydroxylation is 2. The molecule has 0 radical (unpaired) electrons. The van der Waals surface area contributed by atoms with Crippen LogP contribution in [0.2, 0.25) is 5.02 Å². The summed E-state index contributed by atoms with van der Waals surface area (Å²) in [5.41, 5.74) is 3.74. The highest BCUT2D eigenvalue weighted by molar-refractivity contribution is 6.31. The number of aromatic nitrogens is 2. The SMILES string of the molecule is Clc1ccc2[nH]cc(CCn3ccc4ccccc43)c2c1. The topological polar surface area (TPSA) is 20.7 Å². The monoisotopic (exact) mass is 294 g/mol. The first-order chi connectivity index (χ1) is 10.3. The summed E-state index contributed by atoms with van der Waals surface area (Å²) in [6.45, 7) is 0.965. The average molecular weight is 295 g/mol. The van der Waals surface area contributed by atoms with Crippen molar-refractivity contribution >= 4 is 33.4 Å². The van der Waals surface area contributed by atoms with Gasteiger partial charge in [-0.2, -0.15) is 0 Å². The van der Waals surface area contributed by atoms with E-state index in [0.29, 0.717) is 0 Å². The van der Waals surface area contributed by atoms with E-state index in [1.165, 1.54) is 21.9 Å². The number of nitrogens with one attached hydrogen (secondary N) is 1. The van der Waals surface area contributed by atoms with Gasteiger partial charge in [-0.1, -0.05) is 29.8 Å². The number of hydrogen-bond donors (Lipinski definition) is 1. The third kappa shape index (κ3) is 2.22. The second-order valence-corrected chi connectivity index (χ2v) is 5.76. The van der Waals surface area contributed by atoms with Gasteiger partial charge in [0.05, 0.1) is 0 Å². The fraction of sp³-hybridized carbons (Fsp3) is 0.111. The van der Waals surface area contributed by atoms with Crippen LogP contribution in [0, 0.1) is 0 Å². The fourth-order valence-electron chi connectivity index (χ4n) is 2.93. The number of nitrogens with zero attached hydrogens (tertiary/aromatic N) is 1. The Bertz CT molecular complexity index is 917. The molecule has 2 aromatic carbocycles. The smallest absolute Gasteiger partial charge is 0.0480 e. The minimum absolute atomic E-state index is 0.787. The van der Waals surface area contributed by atoms with Gasteiger partial charge in [0.25, 0.3) is 0 Å². The summed E-state index contributed by atoms with van der Waals surface area (Å²) in [5.74, 6) is 0. The minimum Gasteiger partial charge on any atom is -0.361 e. The Morgan fingerprint density at radius 1 is 1.05 bits per heavy atom. The van der Waals surface area contributed by atoms with Crippen LogP contribution in [0.25, 0.3) is 21.8 Å². The molecule has 0 aliphatic heterocycles. The Morgan fingerprint density at radius 2 is 1.95 bits per heavy atom. The molecular formula is C18H15ClN2. The summed E-state index contributed by atoms with van der Waals surface area (Å²) < 4.78 is 2.30. The standard InChI is InChI=1S/C18H15ClN2/c19-15-5-6-17-16(11-15)14(12-20-17)8-10-21-9-7-13-3-1-2-4-18(13)21/h1-7,9,11-12,20H,8,10H2. The molecule has 104 valence electrons. The van der Waals surface area contributed by atoms with Gasteiger partial charge in [-0.05, 0) is 47.7 Å². The minimum atomic E-state index is 0.787. The van der Waals surface area contributed by atoms with Gasteiger partial charge in [0.2, 0.25) is 0 Å². The van der Waals surface area contributed by atoms with Crippen molar-refractivity contribution in [3.8, 4) is 0 Å². The number of para-hydroxylation sites is 1. The van der Waals surface area contributed by atoms with Gasteiger partial charge < -0.3 is 9.55 Å². The molecule has 0 saturated heterocycles. The van der Waals surface area contributed by atoms with Crippen LogP contribution in [0.4, 0.5) is 0 Å². The third-order valence-electron chi connectivity index (χ3n) is 4.03. The van der Waals surface area contributed by atoms with Gasteiger partial charge in [0.1, 0.15) is 0 Å². The first-order valence-corrected chi connectivity index (χ1v) is 7.48. The summed E-state index contributed by atoms with van der Waals surface area (Å²) in [6, 6.07) is 16.6. The Balaban J connectivity index is 1.65. The normalized spacial score (nSPS) is 11.5. The zero-order chi connectivity index (χ0) is 14.2. The zero-order valence-electron chi connectivity index (χ0n) is 11.5. The van der Waals surface area contributed by atoms with E-state index in [9.17, 15) is 0 Å². The number of aromatic amines is 1. The molecule has 2 nitrogen and oxygen atoms in total. The summed E-state index contributed by atoms with van der Waals surface area (Å²) in [6.07, 6.45) is 5.23. The van der Waals surface area contributed by atoms with Crippen molar-refractivity contribution in [3.63, 3.8) is 0 Å². The van der Waals surface area contributed by atoms with Crippen LogP contribution in [0.5, 0.6) is 0 Å². The Morgan fingerprint density at radius 3 is 2.90 bits per heavy atom. The maximum absolute atomic E-state index is 6.11. The number of hydrogen-bond acceptors (Lipinski definition) is 0. The molecule has 0 spiro atoms. The van der Waals surface area contributed by atoms with Gasteiger partial charge in [0.15, 0.2) is 0 Å². The van der Waals surface area contributed by atoms with E-state index in [-0.39, 0.29) is 0 Å². The van der Waals surface area contributed by atoms with Crippen LogP contribution in [-0.4, -0.2) is 9.55 Å². The Labute approximate surface area is 128 Å². The van der Waals surface area contributed by atoms with Gasteiger partial charge in [0, 0.05) is 40.4 Å². The van der Waals surface area contributed by atoms with E-state index < -0.39 is 0 Å². The van der Waals surface area contributed by atoms with Crippen molar-refractivity contribution in [2.45, 2.75) is 13.0 Å². The predicted molar refractivity (Wildman–Crippen MR) is 89.0 cm³/mol. The molecule has 0 fully saturated rings. The second kappa shape index (κ2) is 4.97. The van der Waals surface area contributed by atoms with E-state index in [0.717, 1.165) is 23.5 Å². The van der Waals surface area contributed by atoms with Crippen LogP contribution in [-0.2, 0) is 13.0 Å². The lowest BCUT2D eigenvalue weighted by Crippen LogP contribution is -1.99. The first-order valence-electron chi connectivity index (χ1n) is 7.11. The van der Waals surface area contributed by atoms with Crippen molar-refractivity contribution in [2.24, 2.45) is 0 Å². The fourth-order valence-corrected chi connectivity index (χ4v) is 3.11. The highest BCUT2D eigenvalue weighted by atomic mass is 35.5. The highest BCUT2D eigenvalue weighted by Gasteiger charge is 2.06. The molecule has 4 rings (SSSR count). The van der Waals surface area contributed by atoms with Crippen LogP contribution in [0.3, 0.4) is 0 Å². The van der Waals surface area contributed by atoms with Crippen LogP contribution < -0.4 is 0 Å². The quantitative estimate of drug-likeness (QED) is 0.548. The van der Waals surface area contributed by atoms with Crippen molar-refractivity contribution < 1.29 is 0 Å².